The van der Waals surface area contributed by atoms with Gasteiger partial charge in [-0.1, -0.05) is 41.4 Å². The number of carbonyl (C=O) groups is 2. The van der Waals surface area contributed by atoms with E-state index in [1.165, 1.54) is 12.1 Å². The number of esters is 1. The first-order valence-electron chi connectivity index (χ1n) is 7.05. The van der Waals surface area contributed by atoms with Gasteiger partial charge in [0, 0.05) is 16.6 Å². The van der Waals surface area contributed by atoms with Crippen molar-refractivity contribution < 1.29 is 18.7 Å². The number of carbonyl (C=O) groups excluding carboxylic acids is 2. The van der Waals surface area contributed by atoms with Gasteiger partial charge in [-0.15, -0.1) is 0 Å². The molecular weight excluding hydrogens is 356 g/mol. The molecular formula is C17H14Cl2FNO3. The Balaban J connectivity index is 1.74. The number of ether oxygens (including phenoxy) is 1. The summed E-state index contributed by atoms with van der Waals surface area (Å²) in [5.74, 6) is -1.45. The molecule has 0 heterocycles. The van der Waals surface area contributed by atoms with Crippen LogP contribution in [-0.2, 0) is 27.3 Å². The van der Waals surface area contributed by atoms with Crippen molar-refractivity contribution in [1.29, 1.82) is 0 Å². The second kappa shape index (κ2) is 8.66. The van der Waals surface area contributed by atoms with Gasteiger partial charge < -0.3 is 10.1 Å². The highest BCUT2D eigenvalue weighted by Crippen LogP contribution is 2.16. The number of benzene rings is 2. The van der Waals surface area contributed by atoms with E-state index in [-0.39, 0.29) is 18.0 Å². The van der Waals surface area contributed by atoms with Crippen molar-refractivity contribution in [3.63, 3.8) is 0 Å². The number of amides is 1. The summed E-state index contributed by atoms with van der Waals surface area (Å²) in [6.45, 7) is -0.280. The maximum atomic E-state index is 12.9. The van der Waals surface area contributed by atoms with Crippen LogP contribution < -0.4 is 5.32 Å². The average Bonchev–Trinajstić information content (AvgIpc) is 2.54. The minimum absolute atomic E-state index is 0.0498. The third kappa shape index (κ3) is 5.83. The lowest BCUT2D eigenvalue weighted by molar-refractivity contribution is -0.147. The zero-order valence-electron chi connectivity index (χ0n) is 12.5. The van der Waals surface area contributed by atoms with Crippen LogP contribution in [0.15, 0.2) is 42.5 Å². The summed E-state index contributed by atoms with van der Waals surface area (Å²) in [6.07, 6.45) is 0.0498. The Bertz CT molecular complexity index is 735. The predicted octanol–water partition coefficient (Wildman–Crippen LogP) is 3.53. The van der Waals surface area contributed by atoms with E-state index in [0.717, 1.165) is 11.6 Å². The molecule has 0 fully saturated rings. The summed E-state index contributed by atoms with van der Waals surface area (Å²) in [4.78, 5) is 23.3. The predicted molar refractivity (Wildman–Crippen MR) is 89.4 cm³/mol. The first-order valence-corrected chi connectivity index (χ1v) is 7.80. The molecule has 0 aromatic heterocycles. The molecule has 0 aliphatic rings. The molecule has 24 heavy (non-hydrogen) atoms. The van der Waals surface area contributed by atoms with Crippen LogP contribution in [0.25, 0.3) is 0 Å². The maximum absolute atomic E-state index is 12.9. The molecule has 0 unspecified atom stereocenters. The highest BCUT2D eigenvalue weighted by Gasteiger charge is 2.09. The fraction of sp³-hybridized carbons (Fsp3) is 0.176. The summed E-state index contributed by atoms with van der Waals surface area (Å²) < 4.78 is 17.8. The first-order chi connectivity index (χ1) is 11.4. The topological polar surface area (TPSA) is 55.4 Å². The molecule has 4 nitrogen and oxygen atoms in total. The molecule has 0 bridgehead atoms. The van der Waals surface area contributed by atoms with Gasteiger partial charge in [-0.25, -0.2) is 4.39 Å². The number of halogens is 3. The lowest BCUT2D eigenvalue weighted by atomic mass is 10.1. The third-order valence-electron chi connectivity index (χ3n) is 3.12. The second-order valence-corrected chi connectivity index (χ2v) is 5.82. The SMILES string of the molecule is O=C(COC(=O)Cc1ccc(Cl)cc1)NCc1ccc(F)cc1Cl. The van der Waals surface area contributed by atoms with Gasteiger partial charge in [0.25, 0.3) is 5.91 Å². The zero-order chi connectivity index (χ0) is 17.5. The first kappa shape index (κ1) is 18.2. The molecule has 126 valence electrons. The van der Waals surface area contributed by atoms with Gasteiger partial charge in [0.05, 0.1) is 6.42 Å². The highest BCUT2D eigenvalue weighted by atomic mass is 35.5. The zero-order valence-corrected chi connectivity index (χ0v) is 14.0. The van der Waals surface area contributed by atoms with Crippen LogP contribution in [0.1, 0.15) is 11.1 Å². The van der Waals surface area contributed by atoms with Crippen molar-refractivity contribution in [2.75, 3.05) is 6.61 Å². The second-order valence-electron chi connectivity index (χ2n) is 4.98. The molecule has 1 N–H and O–H groups in total. The molecule has 0 spiro atoms. The lowest BCUT2D eigenvalue weighted by Crippen LogP contribution is -2.28. The Morgan fingerprint density at radius 3 is 2.46 bits per heavy atom. The van der Waals surface area contributed by atoms with Crippen molar-refractivity contribution in [3.8, 4) is 0 Å². The van der Waals surface area contributed by atoms with Crippen LogP contribution in [0.4, 0.5) is 4.39 Å². The Morgan fingerprint density at radius 1 is 1.08 bits per heavy atom. The smallest absolute Gasteiger partial charge is 0.310 e. The van der Waals surface area contributed by atoms with Crippen molar-refractivity contribution in [3.05, 3.63) is 69.5 Å². The fourth-order valence-corrected chi connectivity index (χ4v) is 2.24. The Labute approximate surface area is 148 Å². The monoisotopic (exact) mass is 369 g/mol. The molecule has 0 aliphatic carbocycles. The summed E-state index contributed by atoms with van der Waals surface area (Å²) in [5, 5.41) is 3.34. The van der Waals surface area contributed by atoms with Crippen LogP contribution in [-0.4, -0.2) is 18.5 Å². The Hall–Kier alpha value is -2.11. The summed E-state index contributed by atoms with van der Waals surface area (Å²) >= 11 is 11.6. The van der Waals surface area contributed by atoms with Crippen LogP contribution in [0.2, 0.25) is 10.0 Å². The Kier molecular flexibility index (Phi) is 6.58. The minimum Gasteiger partial charge on any atom is -0.455 e. The van der Waals surface area contributed by atoms with Crippen molar-refractivity contribution in [2.45, 2.75) is 13.0 Å². The largest absolute Gasteiger partial charge is 0.455 e. The number of nitrogens with one attached hydrogen (secondary N) is 1. The number of rotatable bonds is 6. The maximum Gasteiger partial charge on any atom is 0.310 e. The molecule has 0 saturated heterocycles. The van der Waals surface area contributed by atoms with Gasteiger partial charge in [-0.05, 0) is 35.4 Å². The van der Waals surface area contributed by atoms with Gasteiger partial charge in [-0.2, -0.15) is 0 Å². The lowest BCUT2D eigenvalue weighted by Gasteiger charge is -2.08. The number of hydrogen-bond acceptors (Lipinski definition) is 3. The van der Waals surface area contributed by atoms with Gasteiger partial charge in [0.2, 0.25) is 0 Å². The van der Waals surface area contributed by atoms with E-state index in [2.05, 4.69) is 5.32 Å². The summed E-state index contributed by atoms with van der Waals surface area (Å²) in [6, 6.07) is 10.6. The molecule has 2 aromatic rings. The van der Waals surface area contributed by atoms with Gasteiger partial charge in [-0.3, -0.25) is 9.59 Å². The van der Waals surface area contributed by atoms with Crippen molar-refractivity contribution in [1.82, 2.24) is 5.32 Å². The van der Waals surface area contributed by atoms with Gasteiger partial charge in [0.1, 0.15) is 5.82 Å². The standard InChI is InChI=1S/C17H14Cl2FNO3/c18-13-4-1-11(2-5-13)7-17(23)24-10-16(22)21-9-12-3-6-14(20)8-15(12)19/h1-6,8H,7,9-10H2,(H,21,22). The summed E-state index contributed by atoms with van der Waals surface area (Å²) in [5.41, 5.74) is 1.31. The van der Waals surface area contributed by atoms with E-state index in [4.69, 9.17) is 27.9 Å². The Morgan fingerprint density at radius 2 is 1.79 bits per heavy atom. The van der Waals surface area contributed by atoms with Crippen LogP contribution in [0.5, 0.6) is 0 Å². The average molecular weight is 370 g/mol. The number of hydrogen-bond donors (Lipinski definition) is 1. The fourth-order valence-electron chi connectivity index (χ4n) is 1.88. The van der Waals surface area contributed by atoms with E-state index in [0.29, 0.717) is 10.6 Å². The van der Waals surface area contributed by atoms with E-state index < -0.39 is 24.3 Å². The third-order valence-corrected chi connectivity index (χ3v) is 3.72. The molecule has 2 aromatic carbocycles. The molecule has 0 atom stereocenters. The van der Waals surface area contributed by atoms with E-state index >= 15 is 0 Å². The van der Waals surface area contributed by atoms with Crippen LogP contribution in [0, 0.1) is 5.82 Å². The van der Waals surface area contributed by atoms with Crippen LogP contribution in [0.3, 0.4) is 0 Å². The molecule has 0 saturated carbocycles. The van der Waals surface area contributed by atoms with E-state index in [1.54, 1.807) is 24.3 Å². The normalized spacial score (nSPS) is 10.3. The van der Waals surface area contributed by atoms with E-state index in [1.807, 2.05) is 0 Å². The molecule has 1 amide bonds. The van der Waals surface area contributed by atoms with Crippen molar-refractivity contribution >= 4 is 35.1 Å². The van der Waals surface area contributed by atoms with Crippen molar-refractivity contribution in [2.24, 2.45) is 0 Å². The van der Waals surface area contributed by atoms with Gasteiger partial charge >= 0.3 is 5.97 Å². The summed E-state index contributed by atoms with van der Waals surface area (Å²) in [7, 11) is 0. The van der Waals surface area contributed by atoms with Gasteiger partial charge in [0.15, 0.2) is 6.61 Å². The van der Waals surface area contributed by atoms with Crippen LogP contribution >= 0.6 is 23.2 Å². The quantitative estimate of drug-likeness (QED) is 0.792. The molecule has 7 heteroatoms. The molecule has 0 radical (unpaired) electrons. The highest BCUT2D eigenvalue weighted by molar-refractivity contribution is 6.31. The molecule has 0 aliphatic heterocycles. The van der Waals surface area contributed by atoms with E-state index in [9.17, 15) is 14.0 Å². The molecule has 2 rings (SSSR count). The minimum atomic E-state index is -0.521.